The summed E-state index contributed by atoms with van der Waals surface area (Å²) in [4.78, 5) is 14.2. The predicted octanol–water partition coefficient (Wildman–Crippen LogP) is 0.181. The minimum atomic E-state index is -3.28. The molecule has 1 N–H and O–H groups in total. The molecule has 1 aromatic heterocycles. The Morgan fingerprint density at radius 1 is 1.00 bits per heavy atom. The fourth-order valence-electron chi connectivity index (χ4n) is 4.13. The van der Waals surface area contributed by atoms with E-state index in [1.165, 1.54) is 4.31 Å². The predicted molar refractivity (Wildman–Crippen MR) is 113 cm³/mol. The zero-order chi connectivity index (χ0) is 20.3. The maximum atomic E-state index is 12.6. The smallest absolute Gasteiger partial charge is 0.227 e. The van der Waals surface area contributed by atoms with E-state index in [1.54, 1.807) is 0 Å². The Morgan fingerprint density at radius 2 is 1.72 bits per heavy atom. The van der Waals surface area contributed by atoms with Crippen LogP contribution in [0.3, 0.4) is 0 Å². The molecule has 10 heteroatoms. The number of rotatable bonds is 6. The van der Waals surface area contributed by atoms with E-state index in [-0.39, 0.29) is 5.75 Å². The average molecular weight is 425 g/mol. The summed E-state index contributed by atoms with van der Waals surface area (Å²) in [7, 11) is -1.15. The summed E-state index contributed by atoms with van der Waals surface area (Å²) in [6.45, 7) is 6.02. The van der Waals surface area contributed by atoms with Gasteiger partial charge in [0.2, 0.25) is 16.0 Å². The van der Waals surface area contributed by atoms with Crippen LogP contribution >= 0.6 is 0 Å². The lowest BCUT2D eigenvalue weighted by atomic mass is 9.96. The largest absolute Gasteiger partial charge is 0.379 e. The molecule has 0 atom stereocenters. The second-order valence-electron chi connectivity index (χ2n) is 8.05. The van der Waals surface area contributed by atoms with Crippen LogP contribution in [0.4, 0.5) is 11.8 Å². The van der Waals surface area contributed by atoms with Gasteiger partial charge in [-0.1, -0.05) is 0 Å². The molecule has 0 unspecified atom stereocenters. The van der Waals surface area contributed by atoms with Crippen LogP contribution in [0.5, 0.6) is 0 Å². The van der Waals surface area contributed by atoms with E-state index in [0.29, 0.717) is 32.8 Å². The van der Waals surface area contributed by atoms with Gasteiger partial charge in [0.15, 0.2) is 0 Å². The minimum absolute atomic E-state index is 0.0651. The monoisotopic (exact) mass is 424 g/mol. The van der Waals surface area contributed by atoms with Crippen molar-refractivity contribution in [3.05, 3.63) is 11.3 Å². The molecular formula is C19H32N6O3S. The number of nitrogens with one attached hydrogen (secondary N) is 1. The minimum Gasteiger partial charge on any atom is -0.379 e. The fraction of sp³-hybridized carbons (Fsp3) is 0.789. The van der Waals surface area contributed by atoms with E-state index in [2.05, 4.69) is 22.2 Å². The summed E-state index contributed by atoms with van der Waals surface area (Å²) in [5.41, 5.74) is 2.29. The lowest BCUT2D eigenvalue weighted by molar-refractivity contribution is 0.0731. The maximum Gasteiger partial charge on any atom is 0.227 e. The Balaban J connectivity index is 1.46. The van der Waals surface area contributed by atoms with Gasteiger partial charge in [-0.15, -0.1) is 0 Å². The summed E-state index contributed by atoms with van der Waals surface area (Å²) >= 11 is 0. The Morgan fingerprint density at radius 3 is 2.48 bits per heavy atom. The van der Waals surface area contributed by atoms with Crippen LogP contribution in [-0.4, -0.2) is 99.4 Å². The van der Waals surface area contributed by atoms with Crippen molar-refractivity contribution in [1.82, 2.24) is 19.2 Å². The number of nitrogens with zero attached hydrogens (tertiary/aromatic N) is 5. The summed E-state index contributed by atoms with van der Waals surface area (Å²) in [6, 6.07) is 0. The van der Waals surface area contributed by atoms with Gasteiger partial charge in [-0.05, 0) is 32.7 Å². The van der Waals surface area contributed by atoms with Crippen molar-refractivity contribution in [2.75, 3.05) is 82.0 Å². The SMILES string of the molecule is CN1CCN(c2nc3c(c(NCCS(=O)(=O)N4CCOCC4)n2)CCCC3)CC1. The molecule has 3 aliphatic rings. The molecule has 29 heavy (non-hydrogen) atoms. The summed E-state index contributed by atoms with van der Waals surface area (Å²) < 4.78 is 32.0. The van der Waals surface area contributed by atoms with Gasteiger partial charge < -0.3 is 19.9 Å². The van der Waals surface area contributed by atoms with Crippen LogP contribution in [0, 0.1) is 0 Å². The molecule has 9 nitrogen and oxygen atoms in total. The van der Waals surface area contributed by atoms with Gasteiger partial charge in [0, 0.05) is 51.4 Å². The maximum absolute atomic E-state index is 12.6. The molecule has 2 fully saturated rings. The van der Waals surface area contributed by atoms with E-state index in [0.717, 1.165) is 74.9 Å². The highest BCUT2D eigenvalue weighted by molar-refractivity contribution is 7.89. The van der Waals surface area contributed by atoms with Crippen molar-refractivity contribution in [2.24, 2.45) is 0 Å². The van der Waals surface area contributed by atoms with Crippen LogP contribution in [0.15, 0.2) is 0 Å². The lowest BCUT2D eigenvalue weighted by Gasteiger charge is -2.33. The third-order valence-electron chi connectivity index (χ3n) is 5.97. The number of hydrogen-bond acceptors (Lipinski definition) is 8. The number of fused-ring (bicyclic) bond motifs is 1. The molecule has 4 rings (SSSR count). The van der Waals surface area contributed by atoms with E-state index in [4.69, 9.17) is 14.7 Å². The highest BCUT2D eigenvalue weighted by Gasteiger charge is 2.25. The molecule has 2 saturated heterocycles. The average Bonchev–Trinajstić information content (AvgIpc) is 2.74. The van der Waals surface area contributed by atoms with Crippen molar-refractivity contribution in [3.63, 3.8) is 0 Å². The van der Waals surface area contributed by atoms with E-state index >= 15 is 0 Å². The standard InChI is InChI=1S/C19H32N6O3S/c1-23-7-9-24(10-8-23)19-21-17-5-3-2-4-16(17)18(22-19)20-6-15-29(26,27)25-11-13-28-14-12-25/h2-15H2,1H3,(H,20,21,22). The highest BCUT2D eigenvalue weighted by atomic mass is 32.2. The number of anilines is 2. The summed E-state index contributed by atoms with van der Waals surface area (Å²) in [5, 5.41) is 3.33. The quantitative estimate of drug-likeness (QED) is 0.692. The van der Waals surface area contributed by atoms with E-state index in [9.17, 15) is 8.42 Å². The molecule has 3 heterocycles. The molecule has 0 aromatic carbocycles. The Bertz CT molecular complexity index is 804. The van der Waals surface area contributed by atoms with Gasteiger partial charge in [0.1, 0.15) is 5.82 Å². The molecule has 2 aliphatic heterocycles. The number of piperazine rings is 1. The summed E-state index contributed by atoms with van der Waals surface area (Å²) in [6.07, 6.45) is 4.21. The number of likely N-dealkylation sites (N-methyl/N-ethyl adjacent to an activating group) is 1. The van der Waals surface area contributed by atoms with Crippen molar-refractivity contribution in [2.45, 2.75) is 25.7 Å². The molecule has 1 aliphatic carbocycles. The normalized spacial score (nSPS) is 21.8. The molecule has 0 saturated carbocycles. The van der Waals surface area contributed by atoms with Crippen LogP contribution in [0.25, 0.3) is 0 Å². The fourth-order valence-corrected chi connectivity index (χ4v) is 5.45. The zero-order valence-corrected chi connectivity index (χ0v) is 18.1. The molecule has 162 valence electrons. The molecule has 0 radical (unpaired) electrons. The van der Waals surface area contributed by atoms with Gasteiger partial charge in [0.25, 0.3) is 0 Å². The van der Waals surface area contributed by atoms with Crippen LogP contribution in [-0.2, 0) is 27.6 Å². The van der Waals surface area contributed by atoms with Gasteiger partial charge >= 0.3 is 0 Å². The molecule has 0 spiro atoms. The third-order valence-corrected chi connectivity index (χ3v) is 7.85. The van der Waals surface area contributed by atoms with Crippen molar-refractivity contribution in [1.29, 1.82) is 0 Å². The van der Waals surface area contributed by atoms with Gasteiger partial charge in [-0.25, -0.2) is 13.4 Å². The van der Waals surface area contributed by atoms with Gasteiger partial charge in [-0.2, -0.15) is 9.29 Å². The molecule has 1 aromatic rings. The number of aromatic nitrogens is 2. The highest BCUT2D eigenvalue weighted by Crippen LogP contribution is 2.28. The van der Waals surface area contributed by atoms with Crippen LogP contribution in [0.1, 0.15) is 24.1 Å². The zero-order valence-electron chi connectivity index (χ0n) is 17.3. The number of sulfonamides is 1. The summed E-state index contributed by atoms with van der Waals surface area (Å²) in [5.74, 6) is 1.66. The number of hydrogen-bond donors (Lipinski definition) is 1. The number of morpholine rings is 1. The van der Waals surface area contributed by atoms with Crippen molar-refractivity contribution < 1.29 is 13.2 Å². The lowest BCUT2D eigenvalue weighted by Crippen LogP contribution is -2.45. The third kappa shape index (κ3) is 4.99. The van der Waals surface area contributed by atoms with Crippen molar-refractivity contribution in [3.8, 4) is 0 Å². The second kappa shape index (κ2) is 9.11. The Labute approximate surface area is 173 Å². The van der Waals surface area contributed by atoms with Crippen LogP contribution < -0.4 is 10.2 Å². The number of aryl methyl sites for hydroxylation is 1. The van der Waals surface area contributed by atoms with Crippen LogP contribution in [0.2, 0.25) is 0 Å². The first-order valence-electron chi connectivity index (χ1n) is 10.7. The molecule has 0 amide bonds. The first-order valence-corrected chi connectivity index (χ1v) is 12.3. The van der Waals surface area contributed by atoms with E-state index in [1.807, 2.05) is 0 Å². The topological polar surface area (TPSA) is 90.9 Å². The molecular weight excluding hydrogens is 392 g/mol. The van der Waals surface area contributed by atoms with Gasteiger partial charge in [-0.3, -0.25) is 0 Å². The Kier molecular flexibility index (Phi) is 6.53. The van der Waals surface area contributed by atoms with Gasteiger partial charge in [0.05, 0.1) is 24.7 Å². The second-order valence-corrected chi connectivity index (χ2v) is 10.1. The first-order chi connectivity index (χ1) is 14.0. The Hall–Kier alpha value is -1.49. The van der Waals surface area contributed by atoms with E-state index < -0.39 is 10.0 Å². The van der Waals surface area contributed by atoms with Crippen molar-refractivity contribution >= 4 is 21.8 Å². The first kappa shape index (κ1) is 20.8. The number of ether oxygens (including phenoxy) is 1. The molecule has 0 bridgehead atoms.